The number of halogens is 1. The summed E-state index contributed by atoms with van der Waals surface area (Å²) in [6, 6.07) is 9.51. The van der Waals surface area contributed by atoms with Gasteiger partial charge in [0, 0.05) is 65.9 Å². The van der Waals surface area contributed by atoms with Gasteiger partial charge in [-0.25, -0.2) is 4.39 Å². The molecule has 1 saturated heterocycles. The van der Waals surface area contributed by atoms with Crippen molar-refractivity contribution in [2.75, 3.05) is 32.5 Å². The van der Waals surface area contributed by atoms with Crippen LogP contribution < -0.4 is 15.8 Å². The molecule has 37 heavy (non-hydrogen) atoms. The van der Waals surface area contributed by atoms with E-state index in [1.165, 1.54) is 13.2 Å². The second-order valence-electron chi connectivity index (χ2n) is 8.77. The number of nitrogens with zero attached hydrogens (tertiary/aromatic N) is 1. The number of ether oxygens (including phenoxy) is 2. The Labute approximate surface area is 216 Å². The molecule has 10 heteroatoms. The molecule has 1 heterocycles. The van der Waals surface area contributed by atoms with Crippen LogP contribution in [-0.4, -0.2) is 55.4 Å². The van der Waals surface area contributed by atoms with Crippen molar-refractivity contribution in [1.82, 2.24) is 10.2 Å². The molecule has 196 valence electrons. The first-order valence-electron chi connectivity index (χ1n) is 12.1. The Kier molecular flexibility index (Phi) is 9.51. The van der Waals surface area contributed by atoms with E-state index < -0.39 is 0 Å². The SMILES string of the molecule is CCN/C=C(\C=N)C(=N)c1cc(C(=N)OC(=N)C2CCCN(Cc3c(F)cccc3OC)C2)ccc1N. The van der Waals surface area contributed by atoms with Crippen LogP contribution in [-0.2, 0) is 11.3 Å². The minimum absolute atomic E-state index is 0.0316. The third kappa shape index (κ3) is 6.79. The zero-order valence-corrected chi connectivity index (χ0v) is 21.2. The number of nitrogens with one attached hydrogen (secondary N) is 5. The molecular weight excluding hydrogens is 473 g/mol. The van der Waals surface area contributed by atoms with Gasteiger partial charge >= 0.3 is 0 Å². The molecule has 0 saturated carbocycles. The first-order valence-corrected chi connectivity index (χ1v) is 12.1. The molecule has 7 N–H and O–H groups in total. The zero-order valence-electron chi connectivity index (χ0n) is 21.2. The molecule has 0 bridgehead atoms. The van der Waals surface area contributed by atoms with E-state index in [-0.39, 0.29) is 29.2 Å². The van der Waals surface area contributed by atoms with Crippen LogP contribution in [0.4, 0.5) is 10.1 Å². The standard InChI is InChI=1S/C27H34FN7O2/c1-3-34-14-19(13-29)25(31)20-12-17(9-10-23(20)30)26(32)37-27(33)18-6-5-11-35(15-18)16-21-22(28)7-4-8-24(21)36-2/h4,7-10,12-14,18,29,31-34H,3,5-6,11,15-16,30H2,1-2H3/b19-14+,29-13?,31-25?,32-26?,33-27?. The van der Waals surface area contributed by atoms with Crippen LogP contribution in [0.2, 0.25) is 0 Å². The minimum Gasteiger partial charge on any atom is -0.496 e. The summed E-state index contributed by atoms with van der Waals surface area (Å²) >= 11 is 0. The first-order chi connectivity index (χ1) is 17.8. The normalized spacial score (nSPS) is 16.1. The topological polar surface area (TPSA) is 155 Å². The molecule has 0 amide bonds. The van der Waals surface area contributed by atoms with Gasteiger partial charge in [-0.05, 0) is 56.6 Å². The predicted octanol–water partition coefficient (Wildman–Crippen LogP) is 4.16. The van der Waals surface area contributed by atoms with Gasteiger partial charge in [-0.2, -0.15) is 0 Å². The van der Waals surface area contributed by atoms with Crippen LogP contribution in [0.3, 0.4) is 0 Å². The number of benzene rings is 2. The number of piperidine rings is 1. The summed E-state index contributed by atoms with van der Waals surface area (Å²) in [6.07, 6.45) is 4.19. The van der Waals surface area contributed by atoms with Gasteiger partial charge in [0.1, 0.15) is 11.6 Å². The van der Waals surface area contributed by atoms with E-state index in [1.807, 2.05) is 6.92 Å². The van der Waals surface area contributed by atoms with E-state index in [0.29, 0.717) is 53.3 Å². The second-order valence-corrected chi connectivity index (χ2v) is 8.77. The van der Waals surface area contributed by atoms with Crippen LogP contribution in [0, 0.1) is 33.4 Å². The number of nitrogen functional groups attached to an aromatic ring is 1. The first kappa shape index (κ1) is 27.5. The molecular formula is C27H34FN7O2. The molecule has 3 rings (SSSR count). The van der Waals surface area contributed by atoms with Crippen LogP contribution in [0.15, 0.2) is 48.2 Å². The van der Waals surface area contributed by atoms with Gasteiger partial charge < -0.3 is 25.9 Å². The fraction of sp³-hybridized carbons (Fsp3) is 0.333. The van der Waals surface area contributed by atoms with Gasteiger partial charge in [-0.1, -0.05) is 6.07 Å². The predicted molar refractivity (Wildman–Crippen MR) is 145 cm³/mol. The van der Waals surface area contributed by atoms with Crippen molar-refractivity contribution in [3.05, 3.63) is 70.7 Å². The average molecular weight is 508 g/mol. The number of nitrogens with two attached hydrogens (primary N) is 1. The van der Waals surface area contributed by atoms with Gasteiger partial charge in [0.15, 0.2) is 5.90 Å². The van der Waals surface area contributed by atoms with Gasteiger partial charge in [0.2, 0.25) is 5.90 Å². The van der Waals surface area contributed by atoms with Crippen molar-refractivity contribution < 1.29 is 13.9 Å². The molecule has 0 aromatic heterocycles. The Hall–Kier alpha value is -4.05. The molecule has 1 atom stereocenters. The lowest BCUT2D eigenvalue weighted by Crippen LogP contribution is -2.39. The summed E-state index contributed by atoms with van der Waals surface area (Å²) in [6.45, 7) is 4.17. The number of hydrogen-bond donors (Lipinski definition) is 6. The van der Waals surface area contributed by atoms with Crippen LogP contribution >= 0.6 is 0 Å². The van der Waals surface area contributed by atoms with E-state index in [9.17, 15) is 4.39 Å². The summed E-state index contributed by atoms with van der Waals surface area (Å²) in [5.41, 5.74) is 8.03. The summed E-state index contributed by atoms with van der Waals surface area (Å²) in [5, 5.41) is 36.0. The number of hydrogen-bond acceptors (Lipinski definition) is 9. The van der Waals surface area contributed by atoms with E-state index in [2.05, 4.69) is 10.2 Å². The lowest BCUT2D eigenvalue weighted by molar-refractivity contribution is 0.183. The number of likely N-dealkylation sites (tertiary alicyclic amines) is 1. The minimum atomic E-state index is -0.328. The molecule has 0 spiro atoms. The van der Waals surface area contributed by atoms with Crippen LogP contribution in [0.5, 0.6) is 5.75 Å². The lowest BCUT2D eigenvalue weighted by Gasteiger charge is -2.32. The molecule has 2 aromatic rings. The molecule has 0 radical (unpaired) electrons. The summed E-state index contributed by atoms with van der Waals surface area (Å²) in [5.74, 6) is -0.335. The molecule has 9 nitrogen and oxygen atoms in total. The van der Waals surface area contributed by atoms with Crippen molar-refractivity contribution in [3.63, 3.8) is 0 Å². The highest BCUT2D eigenvalue weighted by Gasteiger charge is 2.27. The molecule has 0 aliphatic carbocycles. The molecule has 1 fully saturated rings. The van der Waals surface area contributed by atoms with Crippen LogP contribution in [0.1, 0.15) is 36.5 Å². The largest absolute Gasteiger partial charge is 0.496 e. The fourth-order valence-corrected chi connectivity index (χ4v) is 4.24. The van der Waals surface area contributed by atoms with Gasteiger partial charge in [-0.15, -0.1) is 0 Å². The fourth-order valence-electron chi connectivity index (χ4n) is 4.24. The maximum absolute atomic E-state index is 14.4. The smallest absolute Gasteiger partial charge is 0.220 e. The van der Waals surface area contributed by atoms with Crippen molar-refractivity contribution in [2.24, 2.45) is 5.92 Å². The van der Waals surface area contributed by atoms with E-state index in [0.717, 1.165) is 25.6 Å². The van der Waals surface area contributed by atoms with Crippen molar-refractivity contribution in [1.29, 1.82) is 21.6 Å². The highest BCUT2D eigenvalue weighted by molar-refractivity contribution is 6.24. The maximum atomic E-state index is 14.4. The Morgan fingerprint density at radius 1 is 1.24 bits per heavy atom. The summed E-state index contributed by atoms with van der Waals surface area (Å²) in [4.78, 5) is 2.06. The van der Waals surface area contributed by atoms with Crippen molar-refractivity contribution in [2.45, 2.75) is 26.3 Å². The van der Waals surface area contributed by atoms with E-state index >= 15 is 0 Å². The average Bonchev–Trinajstić information content (AvgIpc) is 2.90. The van der Waals surface area contributed by atoms with Crippen molar-refractivity contribution >= 4 is 29.4 Å². The van der Waals surface area contributed by atoms with E-state index in [4.69, 9.17) is 36.8 Å². The molecule has 1 unspecified atom stereocenters. The molecule has 1 aliphatic heterocycles. The van der Waals surface area contributed by atoms with Gasteiger partial charge in [0.05, 0.1) is 12.8 Å². The third-order valence-electron chi connectivity index (χ3n) is 6.26. The quantitative estimate of drug-likeness (QED) is 0.162. The Bertz CT molecular complexity index is 1210. The van der Waals surface area contributed by atoms with Gasteiger partial charge in [0.25, 0.3) is 0 Å². The number of allylic oxidation sites excluding steroid dienone is 1. The Balaban J connectivity index is 1.69. The number of methoxy groups -OCH3 is 1. The molecule has 2 aromatic carbocycles. The maximum Gasteiger partial charge on any atom is 0.220 e. The highest BCUT2D eigenvalue weighted by atomic mass is 19.1. The summed E-state index contributed by atoms with van der Waals surface area (Å²) < 4.78 is 25.4. The van der Waals surface area contributed by atoms with E-state index in [1.54, 1.807) is 36.5 Å². The monoisotopic (exact) mass is 507 g/mol. The zero-order chi connectivity index (χ0) is 26.9. The molecule has 1 aliphatic rings. The number of anilines is 1. The van der Waals surface area contributed by atoms with Gasteiger partial charge in [-0.3, -0.25) is 21.1 Å². The highest BCUT2D eigenvalue weighted by Crippen LogP contribution is 2.26. The third-order valence-corrected chi connectivity index (χ3v) is 6.26. The Morgan fingerprint density at radius 2 is 2.03 bits per heavy atom. The Morgan fingerprint density at radius 3 is 2.73 bits per heavy atom. The van der Waals surface area contributed by atoms with Crippen molar-refractivity contribution in [3.8, 4) is 5.75 Å². The second kappa shape index (κ2) is 12.8. The van der Waals surface area contributed by atoms with Crippen LogP contribution in [0.25, 0.3) is 0 Å². The number of rotatable bonds is 10. The lowest BCUT2D eigenvalue weighted by atomic mass is 9.97. The summed E-state index contributed by atoms with van der Waals surface area (Å²) in [7, 11) is 1.51.